The number of benzene rings is 2. The number of aromatic nitrogens is 3. The summed E-state index contributed by atoms with van der Waals surface area (Å²) in [7, 11) is 0. The maximum Gasteiger partial charge on any atom is 0.332 e. The van der Waals surface area contributed by atoms with Crippen LogP contribution in [0.1, 0.15) is 28.4 Å². The number of imidazole rings is 1. The van der Waals surface area contributed by atoms with Crippen LogP contribution in [0.15, 0.2) is 71.7 Å². The molecule has 6 nitrogen and oxygen atoms in total. The van der Waals surface area contributed by atoms with E-state index in [0.717, 1.165) is 17.7 Å². The van der Waals surface area contributed by atoms with Gasteiger partial charge in [-0.25, -0.2) is 9.78 Å². The summed E-state index contributed by atoms with van der Waals surface area (Å²) < 4.78 is 1.61. The quantitative estimate of drug-likeness (QED) is 0.570. The predicted octanol–water partition coefficient (Wildman–Crippen LogP) is 2.96. The lowest BCUT2D eigenvalue weighted by Crippen LogP contribution is -2.46. The molecule has 1 atom stereocenters. The fourth-order valence-electron chi connectivity index (χ4n) is 4.24. The fraction of sp³-hybridized carbons (Fsp3) is 0.174. The van der Waals surface area contributed by atoms with E-state index in [0.29, 0.717) is 23.3 Å². The van der Waals surface area contributed by atoms with Gasteiger partial charge in [0.2, 0.25) is 0 Å². The van der Waals surface area contributed by atoms with Crippen LogP contribution in [0.4, 0.5) is 0 Å². The van der Waals surface area contributed by atoms with Crippen molar-refractivity contribution in [3.05, 3.63) is 94.0 Å². The number of rotatable bonds is 3. The van der Waals surface area contributed by atoms with Gasteiger partial charge in [-0.3, -0.25) is 14.3 Å². The molecule has 1 unspecified atom stereocenters. The van der Waals surface area contributed by atoms with E-state index >= 15 is 0 Å². The number of nitrogens with zero attached hydrogens (tertiary/aromatic N) is 2. The topological polar surface area (TPSA) is 79.8 Å². The molecule has 0 saturated carbocycles. The highest BCUT2D eigenvalue weighted by Crippen LogP contribution is 2.35. The highest BCUT2D eigenvalue weighted by atomic mass is 16.2. The van der Waals surface area contributed by atoms with Gasteiger partial charge in [-0.05, 0) is 47.9 Å². The van der Waals surface area contributed by atoms with Gasteiger partial charge in [-0.15, -0.1) is 0 Å². The Morgan fingerprint density at radius 3 is 2.72 bits per heavy atom. The molecule has 0 bridgehead atoms. The van der Waals surface area contributed by atoms with Crippen molar-refractivity contribution in [3.8, 4) is 5.69 Å². The second-order valence-electron chi connectivity index (χ2n) is 7.77. The zero-order valence-electron chi connectivity index (χ0n) is 16.0. The zero-order chi connectivity index (χ0) is 20.0. The largest absolute Gasteiger partial charge is 0.351 e. The second-order valence-corrected chi connectivity index (χ2v) is 7.77. The van der Waals surface area contributed by atoms with Gasteiger partial charge >= 0.3 is 5.69 Å². The van der Waals surface area contributed by atoms with E-state index in [1.807, 2.05) is 42.5 Å². The van der Waals surface area contributed by atoms with Gasteiger partial charge in [-0.1, -0.05) is 37.3 Å². The first-order chi connectivity index (χ1) is 14.0. The molecule has 1 amide bonds. The van der Waals surface area contributed by atoms with Crippen molar-refractivity contribution < 1.29 is 4.79 Å². The van der Waals surface area contributed by atoms with E-state index in [2.05, 4.69) is 34.3 Å². The lowest BCUT2D eigenvalue weighted by Gasteiger charge is -2.36. The third-order valence-electron chi connectivity index (χ3n) is 5.69. The molecular formula is C23H20N4O2. The Morgan fingerprint density at radius 1 is 1.07 bits per heavy atom. The number of fused-ring (bicyclic) bond motifs is 2. The molecule has 0 aliphatic carbocycles. The first-order valence-electron chi connectivity index (χ1n) is 9.58. The molecule has 1 aliphatic rings. The van der Waals surface area contributed by atoms with E-state index in [-0.39, 0.29) is 17.0 Å². The Kier molecular flexibility index (Phi) is 3.87. The van der Waals surface area contributed by atoms with Crippen LogP contribution in [0, 0.1) is 0 Å². The maximum atomic E-state index is 12.6. The molecular weight excluding hydrogens is 364 g/mol. The van der Waals surface area contributed by atoms with Crippen LogP contribution in [-0.2, 0) is 11.8 Å². The predicted molar refractivity (Wildman–Crippen MR) is 112 cm³/mol. The highest BCUT2D eigenvalue weighted by molar-refractivity contribution is 5.97. The van der Waals surface area contributed by atoms with E-state index in [1.165, 1.54) is 5.56 Å². The number of carbonyl (C=O) groups is 1. The normalized spacial score (nSPS) is 18.4. The molecule has 2 aromatic carbocycles. The Hall–Kier alpha value is -3.67. The molecule has 6 heteroatoms. The molecule has 1 aliphatic heterocycles. The molecule has 0 radical (unpaired) electrons. The number of carbonyl (C=O) groups excluding carboxylic acids is 1. The molecule has 0 saturated heterocycles. The number of hydrogen-bond acceptors (Lipinski definition) is 3. The number of aromatic amines is 1. The summed E-state index contributed by atoms with van der Waals surface area (Å²) in [5.41, 5.74) is 4.26. The summed E-state index contributed by atoms with van der Waals surface area (Å²) in [6.07, 6.45) is 2.44. The number of pyridine rings is 1. The average molecular weight is 384 g/mol. The first-order valence-corrected chi connectivity index (χ1v) is 9.58. The molecule has 0 fully saturated rings. The van der Waals surface area contributed by atoms with E-state index in [9.17, 15) is 9.59 Å². The van der Waals surface area contributed by atoms with Gasteiger partial charge in [0.1, 0.15) is 0 Å². The van der Waals surface area contributed by atoms with Crippen molar-refractivity contribution in [2.45, 2.75) is 18.8 Å². The Balaban J connectivity index is 1.68. The summed E-state index contributed by atoms with van der Waals surface area (Å²) in [5.74, 6) is -0.0787. The molecule has 29 heavy (non-hydrogen) atoms. The molecule has 5 rings (SSSR count). The number of amides is 1. The summed E-state index contributed by atoms with van der Waals surface area (Å²) in [5, 5.41) is 3.02. The van der Waals surface area contributed by atoms with Crippen LogP contribution in [-0.4, -0.2) is 27.0 Å². The number of hydrogen-bond donors (Lipinski definition) is 2. The van der Waals surface area contributed by atoms with Crippen molar-refractivity contribution in [3.63, 3.8) is 0 Å². The summed E-state index contributed by atoms with van der Waals surface area (Å²) in [4.78, 5) is 32.1. The number of H-pyrrole nitrogens is 1. The summed E-state index contributed by atoms with van der Waals surface area (Å²) >= 11 is 0. The third kappa shape index (κ3) is 2.84. The van der Waals surface area contributed by atoms with Crippen molar-refractivity contribution in [1.29, 1.82) is 0 Å². The molecule has 2 aromatic heterocycles. The second kappa shape index (κ2) is 6.44. The summed E-state index contributed by atoms with van der Waals surface area (Å²) in [6, 6.07) is 19.5. The molecule has 2 N–H and O–H groups in total. The van der Waals surface area contributed by atoms with Gasteiger partial charge in [0.25, 0.3) is 5.91 Å². The van der Waals surface area contributed by atoms with Crippen molar-refractivity contribution >= 4 is 17.1 Å². The maximum absolute atomic E-state index is 12.6. The van der Waals surface area contributed by atoms with Crippen molar-refractivity contribution in [2.75, 3.05) is 6.54 Å². The van der Waals surface area contributed by atoms with Gasteiger partial charge in [-0.2, -0.15) is 0 Å². The monoisotopic (exact) mass is 384 g/mol. The highest BCUT2D eigenvalue weighted by Gasteiger charge is 2.36. The third-order valence-corrected chi connectivity index (χ3v) is 5.69. The van der Waals surface area contributed by atoms with E-state index in [4.69, 9.17) is 0 Å². The Labute approximate surface area is 167 Å². The number of nitrogens with one attached hydrogen (secondary N) is 2. The lowest BCUT2D eigenvalue weighted by atomic mass is 9.73. The van der Waals surface area contributed by atoms with Gasteiger partial charge in [0, 0.05) is 23.7 Å². The fourth-order valence-corrected chi connectivity index (χ4v) is 4.24. The minimum atomic E-state index is -0.283. The van der Waals surface area contributed by atoms with Crippen LogP contribution in [0.2, 0.25) is 0 Å². The van der Waals surface area contributed by atoms with Crippen LogP contribution in [0.25, 0.3) is 16.9 Å². The van der Waals surface area contributed by atoms with Gasteiger partial charge < -0.3 is 5.32 Å². The molecule has 0 spiro atoms. The summed E-state index contributed by atoms with van der Waals surface area (Å²) in [6.45, 7) is 2.70. The van der Waals surface area contributed by atoms with Crippen LogP contribution in [0.5, 0.6) is 0 Å². The van der Waals surface area contributed by atoms with Gasteiger partial charge in [0.05, 0.1) is 11.2 Å². The van der Waals surface area contributed by atoms with Crippen LogP contribution in [0.3, 0.4) is 0 Å². The van der Waals surface area contributed by atoms with Crippen LogP contribution < -0.4 is 11.0 Å². The van der Waals surface area contributed by atoms with Gasteiger partial charge in [0.15, 0.2) is 5.65 Å². The zero-order valence-corrected chi connectivity index (χ0v) is 16.0. The van der Waals surface area contributed by atoms with Crippen LogP contribution >= 0.6 is 0 Å². The van der Waals surface area contributed by atoms with Crippen molar-refractivity contribution in [1.82, 2.24) is 19.9 Å². The van der Waals surface area contributed by atoms with E-state index < -0.39 is 0 Å². The Bertz CT molecular complexity index is 1290. The van der Waals surface area contributed by atoms with E-state index in [1.54, 1.807) is 16.8 Å². The average Bonchev–Trinajstić information content (AvgIpc) is 3.07. The minimum Gasteiger partial charge on any atom is -0.351 e. The lowest BCUT2D eigenvalue weighted by molar-refractivity contribution is 0.0927. The first kappa shape index (κ1) is 17.4. The SMILES string of the molecule is CC1(Cc2ccccc2)CNC(=O)c2ccc(-n3c(=O)[nH]c4ncccc43)cc21. The molecule has 4 aromatic rings. The molecule has 144 valence electrons. The minimum absolute atomic E-state index is 0.0787. The standard InChI is InChI=1S/C23H20N4O2/c1-23(13-15-6-3-2-4-7-15)14-25-21(28)17-10-9-16(12-18(17)23)27-19-8-5-11-24-20(19)26-22(27)29/h2-12H,13-14H2,1H3,(H,25,28)(H,24,26,29). The Morgan fingerprint density at radius 2 is 1.90 bits per heavy atom. The van der Waals surface area contributed by atoms with Crippen molar-refractivity contribution in [2.24, 2.45) is 0 Å². The smallest absolute Gasteiger partial charge is 0.332 e. The molecule has 3 heterocycles.